The van der Waals surface area contributed by atoms with Gasteiger partial charge in [0.1, 0.15) is 0 Å². The van der Waals surface area contributed by atoms with E-state index in [1.54, 1.807) is 28.6 Å². The molecule has 0 bridgehead atoms. The molecule has 1 aromatic carbocycles. The van der Waals surface area contributed by atoms with Crippen LogP contribution in [-0.4, -0.2) is 99.4 Å². The van der Waals surface area contributed by atoms with Gasteiger partial charge in [-0.2, -0.15) is 4.31 Å². The van der Waals surface area contributed by atoms with E-state index in [-0.39, 0.29) is 5.75 Å². The number of aromatic nitrogens is 2. The van der Waals surface area contributed by atoms with Crippen molar-refractivity contribution in [3.05, 3.63) is 47.0 Å². The second kappa shape index (κ2) is 11.0. The third-order valence-electron chi connectivity index (χ3n) is 7.04. The molecule has 0 aliphatic carbocycles. The highest BCUT2D eigenvalue weighted by Gasteiger charge is 2.28. The van der Waals surface area contributed by atoms with Gasteiger partial charge in [0.05, 0.1) is 11.9 Å². The second-order valence-electron chi connectivity index (χ2n) is 9.44. The zero-order valence-corrected chi connectivity index (χ0v) is 21.5. The van der Waals surface area contributed by atoms with Gasteiger partial charge in [-0.15, -0.1) is 10.2 Å². The van der Waals surface area contributed by atoms with Crippen molar-refractivity contribution in [2.24, 2.45) is 0 Å². The molecule has 9 nitrogen and oxygen atoms in total. The summed E-state index contributed by atoms with van der Waals surface area (Å²) in [4.78, 5) is 6.86. The molecule has 2 aromatic rings. The van der Waals surface area contributed by atoms with Gasteiger partial charge in [0.25, 0.3) is 0 Å². The van der Waals surface area contributed by atoms with E-state index in [4.69, 9.17) is 16.3 Å². The highest BCUT2D eigenvalue weighted by molar-refractivity contribution is 7.88. The Bertz CT molecular complexity index is 1060. The molecule has 1 aromatic heterocycles. The van der Waals surface area contributed by atoms with Gasteiger partial charge in [0.15, 0.2) is 11.6 Å². The average molecular weight is 521 g/mol. The lowest BCUT2D eigenvalue weighted by Gasteiger charge is -2.36. The van der Waals surface area contributed by atoms with Crippen LogP contribution in [0.1, 0.15) is 18.4 Å². The fraction of sp³-hybridized carbons (Fsp3) is 0.583. The predicted octanol–water partition coefficient (Wildman–Crippen LogP) is 2.08. The van der Waals surface area contributed by atoms with Gasteiger partial charge < -0.3 is 14.5 Å². The summed E-state index contributed by atoms with van der Waals surface area (Å²) in [5, 5.41) is 9.55. The van der Waals surface area contributed by atoms with Crippen molar-refractivity contribution >= 4 is 33.3 Å². The Morgan fingerprint density at radius 3 is 2.00 bits per heavy atom. The fourth-order valence-corrected chi connectivity index (χ4v) is 6.61. The molecule has 3 fully saturated rings. The molecule has 190 valence electrons. The zero-order valence-electron chi connectivity index (χ0n) is 19.9. The number of ether oxygens (including phenoxy) is 1. The van der Waals surface area contributed by atoms with E-state index < -0.39 is 10.0 Å². The van der Waals surface area contributed by atoms with Crippen LogP contribution in [0.4, 0.5) is 11.6 Å². The van der Waals surface area contributed by atoms with Crippen molar-refractivity contribution in [1.82, 2.24) is 19.4 Å². The zero-order chi connectivity index (χ0) is 24.3. The van der Waals surface area contributed by atoms with Crippen LogP contribution in [0, 0.1) is 0 Å². The molecule has 5 rings (SSSR count). The van der Waals surface area contributed by atoms with E-state index in [1.165, 1.54) is 12.8 Å². The first-order valence-corrected chi connectivity index (χ1v) is 14.3. The molecule has 4 heterocycles. The van der Waals surface area contributed by atoms with E-state index in [2.05, 4.69) is 24.9 Å². The number of anilines is 2. The summed E-state index contributed by atoms with van der Waals surface area (Å²) in [6.07, 6.45) is 2.75. The van der Waals surface area contributed by atoms with Crippen LogP contribution >= 0.6 is 11.6 Å². The van der Waals surface area contributed by atoms with E-state index in [0.29, 0.717) is 37.3 Å². The smallest absolute Gasteiger partial charge is 0.218 e. The molecule has 0 saturated carbocycles. The van der Waals surface area contributed by atoms with Crippen LogP contribution in [0.15, 0.2) is 36.4 Å². The number of halogens is 1. The summed E-state index contributed by atoms with van der Waals surface area (Å²) < 4.78 is 33.0. The quantitative estimate of drug-likeness (QED) is 0.549. The lowest BCUT2D eigenvalue weighted by Crippen LogP contribution is -2.49. The van der Waals surface area contributed by atoms with Crippen molar-refractivity contribution in [1.29, 1.82) is 0 Å². The predicted molar refractivity (Wildman–Crippen MR) is 138 cm³/mol. The number of benzene rings is 1. The van der Waals surface area contributed by atoms with E-state index in [0.717, 1.165) is 56.5 Å². The fourth-order valence-electron chi connectivity index (χ4n) is 4.97. The molecule has 35 heavy (non-hydrogen) atoms. The number of hydrogen-bond donors (Lipinski definition) is 0. The van der Waals surface area contributed by atoms with E-state index in [9.17, 15) is 8.42 Å². The molecule has 0 amide bonds. The molecule has 11 heteroatoms. The van der Waals surface area contributed by atoms with Crippen LogP contribution in [0.25, 0.3) is 0 Å². The van der Waals surface area contributed by atoms with Crippen molar-refractivity contribution in [3.8, 4) is 0 Å². The van der Waals surface area contributed by atoms with E-state index >= 15 is 0 Å². The topological polar surface area (TPSA) is 82.1 Å². The standard InChI is InChI=1S/C24H33ClN6O3S/c25-21-5-3-20(4-6-21)19-35(32,33)31-15-13-30(14-16-31)24-8-7-23(26-27-24)29-11-9-28(10-12-29)18-22-2-1-17-34-22/h3-8,22H,1-2,9-19H2. The Morgan fingerprint density at radius 1 is 0.857 bits per heavy atom. The number of nitrogens with zero attached hydrogens (tertiary/aromatic N) is 6. The lowest BCUT2D eigenvalue weighted by atomic mass is 10.2. The molecule has 1 atom stereocenters. The minimum absolute atomic E-state index is 0.0143. The molecule has 3 aliphatic rings. The first-order valence-electron chi connectivity index (χ1n) is 12.4. The van der Waals surface area contributed by atoms with Crippen LogP contribution in [-0.2, 0) is 20.5 Å². The molecular formula is C24H33ClN6O3S. The Kier molecular flexibility index (Phi) is 7.74. The van der Waals surface area contributed by atoms with Crippen molar-refractivity contribution in [2.45, 2.75) is 24.7 Å². The third kappa shape index (κ3) is 6.24. The minimum atomic E-state index is -3.38. The van der Waals surface area contributed by atoms with Gasteiger partial charge in [0, 0.05) is 70.5 Å². The minimum Gasteiger partial charge on any atom is -0.377 e. The highest BCUT2D eigenvalue weighted by Crippen LogP contribution is 2.21. The molecule has 0 N–H and O–H groups in total. The summed E-state index contributed by atoms with van der Waals surface area (Å²) in [7, 11) is -3.38. The summed E-state index contributed by atoms with van der Waals surface area (Å²) >= 11 is 5.91. The van der Waals surface area contributed by atoms with Crippen molar-refractivity contribution in [2.75, 3.05) is 75.3 Å². The number of piperazine rings is 2. The average Bonchev–Trinajstić information content (AvgIpc) is 3.39. The molecule has 0 spiro atoms. The largest absolute Gasteiger partial charge is 0.377 e. The second-order valence-corrected chi connectivity index (χ2v) is 11.8. The Morgan fingerprint density at radius 2 is 1.46 bits per heavy atom. The first kappa shape index (κ1) is 24.7. The summed E-state index contributed by atoms with van der Waals surface area (Å²) in [5.74, 6) is 1.68. The summed E-state index contributed by atoms with van der Waals surface area (Å²) in [5.41, 5.74) is 0.742. The molecule has 1 unspecified atom stereocenters. The van der Waals surface area contributed by atoms with Crippen LogP contribution in [0.2, 0.25) is 5.02 Å². The number of hydrogen-bond acceptors (Lipinski definition) is 8. The lowest BCUT2D eigenvalue weighted by molar-refractivity contribution is 0.0712. The third-order valence-corrected chi connectivity index (χ3v) is 9.14. The number of rotatable bonds is 7. The van der Waals surface area contributed by atoms with Gasteiger partial charge in [-0.05, 0) is 42.7 Å². The van der Waals surface area contributed by atoms with Crippen molar-refractivity contribution < 1.29 is 13.2 Å². The molecule has 3 saturated heterocycles. The van der Waals surface area contributed by atoms with Gasteiger partial charge in [0.2, 0.25) is 10.0 Å². The van der Waals surface area contributed by atoms with Crippen LogP contribution in [0.3, 0.4) is 0 Å². The Balaban J connectivity index is 1.10. The first-order chi connectivity index (χ1) is 17.0. The summed E-state index contributed by atoms with van der Waals surface area (Å²) in [6, 6.07) is 11.0. The van der Waals surface area contributed by atoms with Gasteiger partial charge in [-0.3, -0.25) is 4.90 Å². The van der Waals surface area contributed by atoms with Crippen molar-refractivity contribution in [3.63, 3.8) is 0 Å². The molecule has 0 radical (unpaired) electrons. The summed E-state index contributed by atoms with van der Waals surface area (Å²) in [6.45, 7) is 7.88. The molecular weight excluding hydrogens is 488 g/mol. The maximum Gasteiger partial charge on any atom is 0.218 e. The normalized spacial score (nSPS) is 22.6. The number of sulfonamides is 1. The highest BCUT2D eigenvalue weighted by atomic mass is 35.5. The maximum atomic E-state index is 12.9. The Hall–Kier alpha value is -1.98. The van der Waals surface area contributed by atoms with Crippen LogP contribution in [0.5, 0.6) is 0 Å². The molecule has 3 aliphatic heterocycles. The van der Waals surface area contributed by atoms with E-state index in [1.807, 2.05) is 12.1 Å². The SMILES string of the molecule is O=S(=O)(Cc1ccc(Cl)cc1)N1CCN(c2ccc(N3CCN(CC4CCCO4)CC3)nn2)CC1. The monoisotopic (exact) mass is 520 g/mol. The van der Waals surface area contributed by atoms with Gasteiger partial charge >= 0.3 is 0 Å². The van der Waals surface area contributed by atoms with Crippen LogP contribution < -0.4 is 9.80 Å². The van der Waals surface area contributed by atoms with Gasteiger partial charge in [-0.25, -0.2) is 8.42 Å². The van der Waals surface area contributed by atoms with Gasteiger partial charge in [-0.1, -0.05) is 23.7 Å². The Labute approximate surface area is 212 Å². The maximum absolute atomic E-state index is 12.9.